The molecule has 0 aliphatic heterocycles. The van der Waals surface area contributed by atoms with Gasteiger partial charge in [0, 0.05) is 16.5 Å². The first-order valence-corrected chi connectivity index (χ1v) is 7.73. The molecule has 3 rings (SSSR count). The van der Waals surface area contributed by atoms with Crippen molar-refractivity contribution in [1.29, 1.82) is 0 Å². The van der Waals surface area contributed by atoms with Crippen molar-refractivity contribution in [3.8, 4) is 27.6 Å². The minimum Gasteiger partial charge on any atom is -0.497 e. The van der Waals surface area contributed by atoms with Crippen LogP contribution in [0.4, 0.5) is 0 Å². The molecule has 0 radical (unpaired) electrons. The van der Waals surface area contributed by atoms with Crippen LogP contribution in [0.1, 0.15) is 11.1 Å². The van der Waals surface area contributed by atoms with Crippen LogP contribution < -0.4 is 4.74 Å². The van der Waals surface area contributed by atoms with E-state index in [2.05, 4.69) is 37.4 Å². The summed E-state index contributed by atoms with van der Waals surface area (Å²) in [5.41, 5.74) is 5.92. The molecule has 2 aromatic carbocycles. The lowest BCUT2D eigenvalue weighted by atomic mass is 10.0. The lowest BCUT2D eigenvalue weighted by Gasteiger charge is -2.03. The van der Waals surface area contributed by atoms with Crippen molar-refractivity contribution in [3.63, 3.8) is 0 Å². The third-order valence-electron chi connectivity index (χ3n) is 3.50. The average Bonchev–Trinajstić information content (AvgIpc) is 2.97. The first-order valence-electron chi connectivity index (χ1n) is 6.85. The van der Waals surface area contributed by atoms with E-state index in [4.69, 9.17) is 9.72 Å². The van der Waals surface area contributed by atoms with Crippen LogP contribution in [-0.2, 0) is 0 Å². The predicted molar refractivity (Wildman–Crippen MR) is 89.0 cm³/mol. The van der Waals surface area contributed by atoms with Crippen LogP contribution in [0.2, 0.25) is 0 Å². The largest absolute Gasteiger partial charge is 0.497 e. The van der Waals surface area contributed by atoms with Gasteiger partial charge in [-0.05, 0) is 43.7 Å². The van der Waals surface area contributed by atoms with Gasteiger partial charge in [0.1, 0.15) is 10.8 Å². The molecule has 2 nitrogen and oxygen atoms in total. The van der Waals surface area contributed by atoms with Gasteiger partial charge >= 0.3 is 0 Å². The molecule has 0 N–H and O–H groups in total. The highest BCUT2D eigenvalue weighted by Gasteiger charge is 2.09. The molecule has 0 aliphatic rings. The zero-order chi connectivity index (χ0) is 14.8. The van der Waals surface area contributed by atoms with Gasteiger partial charge in [-0.2, -0.15) is 0 Å². The Bertz CT molecular complexity index is 759. The number of aromatic nitrogens is 1. The van der Waals surface area contributed by atoms with E-state index in [9.17, 15) is 0 Å². The minimum atomic E-state index is 0.866. The fourth-order valence-electron chi connectivity index (χ4n) is 2.36. The summed E-state index contributed by atoms with van der Waals surface area (Å²) in [6.45, 7) is 4.25. The number of benzene rings is 2. The second-order valence-corrected chi connectivity index (χ2v) is 5.94. The van der Waals surface area contributed by atoms with E-state index >= 15 is 0 Å². The van der Waals surface area contributed by atoms with Gasteiger partial charge in [-0.25, -0.2) is 4.98 Å². The summed E-state index contributed by atoms with van der Waals surface area (Å²) in [6, 6.07) is 14.5. The molecule has 0 amide bonds. The smallest absolute Gasteiger partial charge is 0.124 e. The summed E-state index contributed by atoms with van der Waals surface area (Å²) in [5, 5.41) is 3.16. The van der Waals surface area contributed by atoms with Crippen LogP contribution in [0.25, 0.3) is 21.8 Å². The number of aryl methyl sites for hydroxylation is 2. The zero-order valence-electron chi connectivity index (χ0n) is 12.4. The molecule has 0 saturated heterocycles. The number of nitrogens with zero attached hydrogens (tertiary/aromatic N) is 1. The van der Waals surface area contributed by atoms with E-state index in [1.165, 1.54) is 16.7 Å². The topological polar surface area (TPSA) is 22.1 Å². The summed E-state index contributed by atoms with van der Waals surface area (Å²) in [7, 11) is 1.68. The monoisotopic (exact) mass is 295 g/mol. The van der Waals surface area contributed by atoms with Crippen LogP contribution in [0.5, 0.6) is 5.75 Å². The summed E-state index contributed by atoms with van der Waals surface area (Å²) in [4.78, 5) is 4.77. The number of hydrogen-bond donors (Lipinski definition) is 0. The fraction of sp³-hybridized carbons (Fsp3) is 0.167. The van der Waals surface area contributed by atoms with Gasteiger partial charge in [0.15, 0.2) is 0 Å². The highest BCUT2D eigenvalue weighted by molar-refractivity contribution is 7.13. The highest BCUT2D eigenvalue weighted by Crippen LogP contribution is 2.31. The number of rotatable bonds is 3. The van der Waals surface area contributed by atoms with E-state index in [0.717, 1.165) is 22.0 Å². The van der Waals surface area contributed by atoms with E-state index in [0.29, 0.717) is 0 Å². The first-order chi connectivity index (χ1) is 10.2. The van der Waals surface area contributed by atoms with E-state index in [-0.39, 0.29) is 0 Å². The number of methoxy groups -OCH3 is 1. The molecule has 0 unspecified atom stereocenters. The number of hydrogen-bond acceptors (Lipinski definition) is 3. The van der Waals surface area contributed by atoms with Crippen LogP contribution in [0.15, 0.2) is 47.8 Å². The normalized spacial score (nSPS) is 10.6. The Kier molecular flexibility index (Phi) is 3.76. The zero-order valence-corrected chi connectivity index (χ0v) is 13.2. The molecular weight excluding hydrogens is 278 g/mol. The van der Waals surface area contributed by atoms with Crippen molar-refractivity contribution < 1.29 is 4.74 Å². The Balaban J connectivity index is 1.95. The van der Waals surface area contributed by atoms with Crippen molar-refractivity contribution >= 4 is 11.3 Å². The van der Waals surface area contributed by atoms with Gasteiger partial charge < -0.3 is 4.74 Å². The van der Waals surface area contributed by atoms with Gasteiger partial charge in [0.2, 0.25) is 0 Å². The maximum atomic E-state index is 5.19. The third-order valence-corrected chi connectivity index (χ3v) is 4.39. The van der Waals surface area contributed by atoms with Crippen LogP contribution >= 0.6 is 11.3 Å². The van der Waals surface area contributed by atoms with Crippen molar-refractivity contribution in [2.45, 2.75) is 13.8 Å². The maximum Gasteiger partial charge on any atom is 0.124 e. The van der Waals surface area contributed by atoms with Crippen LogP contribution in [0, 0.1) is 13.8 Å². The quantitative estimate of drug-likeness (QED) is 0.670. The van der Waals surface area contributed by atoms with Crippen molar-refractivity contribution in [2.75, 3.05) is 7.11 Å². The van der Waals surface area contributed by atoms with Crippen molar-refractivity contribution in [2.24, 2.45) is 0 Å². The second-order valence-electron chi connectivity index (χ2n) is 5.08. The Hall–Kier alpha value is -2.13. The Morgan fingerprint density at radius 2 is 1.76 bits per heavy atom. The molecule has 106 valence electrons. The van der Waals surface area contributed by atoms with Crippen molar-refractivity contribution in [3.05, 3.63) is 59.0 Å². The molecule has 0 saturated carbocycles. The van der Waals surface area contributed by atoms with Gasteiger partial charge in [-0.15, -0.1) is 11.3 Å². The summed E-state index contributed by atoms with van der Waals surface area (Å²) >= 11 is 1.67. The lowest BCUT2D eigenvalue weighted by molar-refractivity contribution is 0.415. The fourth-order valence-corrected chi connectivity index (χ4v) is 3.19. The Morgan fingerprint density at radius 3 is 2.43 bits per heavy atom. The van der Waals surface area contributed by atoms with E-state index in [1.807, 2.05) is 24.3 Å². The molecular formula is C18H17NOS. The maximum absolute atomic E-state index is 5.19. The van der Waals surface area contributed by atoms with Gasteiger partial charge in [-0.1, -0.05) is 23.8 Å². The first kappa shape index (κ1) is 13.8. The summed E-state index contributed by atoms with van der Waals surface area (Å²) in [5.74, 6) is 0.866. The Labute approximate surface area is 129 Å². The molecule has 3 heteroatoms. The lowest BCUT2D eigenvalue weighted by Crippen LogP contribution is -1.85. The third kappa shape index (κ3) is 2.83. The van der Waals surface area contributed by atoms with Gasteiger partial charge in [-0.3, -0.25) is 0 Å². The summed E-state index contributed by atoms with van der Waals surface area (Å²) in [6.07, 6.45) is 0. The molecule has 1 aromatic heterocycles. The molecule has 0 fully saturated rings. The van der Waals surface area contributed by atoms with E-state index < -0.39 is 0 Å². The van der Waals surface area contributed by atoms with E-state index in [1.54, 1.807) is 18.4 Å². The second kappa shape index (κ2) is 5.70. The molecule has 0 bridgehead atoms. The Morgan fingerprint density at radius 1 is 1.00 bits per heavy atom. The molecule has 0 atom stereocenters. The van der Waals surface area contributed by atoms with Gasteiger partial charge in [0.25, 0.3) is 0 Å². The molecule has 0 spiro atoms. The SMILES string of the molecule is COc1ccc(-c2nc(-c3ccc(C)cc3C)cs2)cc1. The van der Waals surface area contributed by atoms with Crippen LogP contribution in [0.3, 0.4) is 0 Å². The molecule has 21 heavy (non-hydrogen) atoms. The van der Waals surface area contributed by atoms with Crippen molar-refractivity contribution in [1.82, 2.24) is 4.98 Å². The molecule has 3 aromatic rings. The summed E-state index contributed by atoms with van der Waals surface area (Å²) < 4.78 is 5.19. The minimum absolute atomic E-state index is 0.866. The predicted octanol–water partition coefficient (Wildman–Crippen LogP) is 5.10. The van der Waals surface area contributed by atoms with Gasteiger partial charge in [0.05, 0.1) is 12.8 Å². The number of thiazole rings is 1. The van der Waals surface area contributed by atoms with Crippen LogP contribution in [-0.4, -0.2) is 12.1 Å². The number of ether oxygens (including phenoxy) is 1. The standard InChI is InChI=1S/C18H17NOS/c1-12-4-9-16(13(2)10-12)17-11-21-18(19-17)14-5-7-15(20-3)8-6-14/h4-11H,1-3H3. The highest BCUT2D eigenvalue weighted by atomic mass is 32.1. The molecule has 0 aliphatic carbocycles. The molecule has 1 heterocycles. The average molecular weight is 295 g/mol.